The number of hydrogen-bond acceptors (Lipinski definition) is 2. The molecule has 0 bridgehead atoms. The predicted molar refractivity (Wildman–Crippen MR) is 74.8 cm³/mol. The smallest absolute Gasteiger partial charge is 0.334 e. The molecule has 2 heteroatoms. The molecule has 2 nitrogen and oxygen atoms in total. The summed E-state index contributed by atoms with van der Waals surface area (Å²) in [7, 11) is 0. The van der Waals surface area contributed by atoms with Gasteiger partial charge in [0.05, 0.1) is 0 Å². The van der Waals surface area contributed by atoms with E-state index in [9.17, 15) is 4.79 Å². The van der Waals surface area contributed by atoms with Crippen molar-refractivity contribution in [2.24, 2.45) is 0 Å². The lowest BCUT2D eigenvalue weighted by atomic mass is 9.83. The van der Waals surface area contributed by atoms with Crippen LogP contribution in [0.15, 0.2) is 53.6 Å². The molecule has 0 fully saturated rings. The third kappa shape index (κ3) is 2.78. The summed E-state index contributed by atoms with van der Waals surface area (Å²) in [5.41, 5.74) is 3.65. The van der Waals surface area contributed by atoms with Gasteiger partial charge in [0, 0.05) is 12.0 Å². The highest BCUT2D eigenvalue weighted by atomic mass is 16.5. The molecule has 1 aliphatic carbocycles. The lowest BCUT2D eigenvalue weighted by Gasteiger charge is -2.22. The van der Waals surface area contributed by atoms with Crippen molar-refractivity contribution in [2.75, 3.05) is 6.61 Å². The fourth-order valence-corrected chi connectivity index (χ4v) is 2.86. The normalized spacial score (nSPS) is 22.7. The molecule has 0 aromatic heterocycles. The summed E-state index contributed by atoms with van der Waals surface area (Å²) in [4.78, 5) is 11.4. The molecule has 98 valence electrons. The zero-order valence-corrected chi connectivity index (χ0v) is 11.0. The van der Waals surface area contributed by atoms with Gasteiger partial charge >= 0.3 is 5.97 Å². The molecule has 1 unspecified atom stereocenters. The van der Waals surface area contributed by atoms with E-state index in [1.165, 1.54) is 17.6 Å². The van der Waals surface area contributed by atoms with Gasteiger partial charge in [-0.05, 0) is 36.8 Å². The second-order valence-corrected chi connectivity index (χ2v) is 5.25. The van der Waals surface area contributed by atoms with Crippen LogP contribution in [-0.4, -0.2) is 12.6 Å². The maximum Gasteiger partial charge on any atom is 0.334 e. The first-order valence-corrected chi connectivity index (χ1v) is 6.92. The van der Waals surface area contributed by atoms with Gasteiger partial charge in [-0.25, -0.2) is 4.79 Å². The van der Waals surface area contributed by atoms with Crippen molar-refractivity contribution in [1.82, 2.24) is 0 Å². The van der Waals surface area contributed by atoms with Crippen LogP contribution < -0.4 is 0 Å². The number of rotatable bonds is 3. The highest BCUT2D eigenvalue weighted by Gasteiger charge is 2.21. The quantitative estimate of drug-likeness (QED) is 0.606. The van der Waals surface area contributed by atoms with Gasteiger partial charge in [-0.2, -0.15) is 0 Å². The van der Waals surface area contributed by atoms with E-state index in [-0.39, 0.29) is 5.97 Å². The largest absolute Gasteiger partial charge is 0.458 e. The zero-order valence-electron chi connectivity index (χ0n) is 11.0. The fraction of sp³-hybridized carbons (Fsp3) is 0.353. The van der Waals surface area contributed by atoms with Crippen LogP contribution in [0.2, 0.25) is 0 Å². The van der Waals surface area contributed by atoms with Gasteiger partial charge in [0.1, 0.15) is 6.61 Å². The van der Waals surface area contributed by atoms with E-state index >= 15 is 0 Å². The third-order valence-corrected chi connectivity index (χ3v) is 4.00. The van der Waals surface area contributed by atoms with Crippen LogP contribution >= 0.6 is 0 Å². The van der Waals surface area contributed by atoms with E-state index < -0.39 is 0 Å². The minimum Gasteiger partial charge on any atom is -0.458 e. The van der Waals surface area contributed by atoms with Gasteiger partial charge in [-0.15, -0.1) is 0 Å². The molecule has 1 atom stereocenters. The van der Waals surface area contributed by atoms with Crippen molar-refractivity contribution in [3.63, 3.8) is 0 Å². The highest BCUT2D eigenvalue weighted by Crippen LogP contribution is 2.34. The average Bonchev–Trinajstić information content (AvgIpc) is 2.86. The topological polar surface area (TPSA) is 26.3 Å². The summed E-state index contributed by atoms with van der Waals surface area (Å²) in [6.45, 7) is 0.452. The monoisotopic (exact) mass is 254 g/mol. The molecule has 0 saturated heterocycles. The molecule has 0 N–H and O–H groups in total. The second kappa shape index (κ2) is 5.43. The second-order valence-electron chi connectivity index (χ2n) is 5.25. The molecule has 1 aromatic rings. The molecule has 0 saturated carbocycles. The molecule has 1 aromatic carbocycles. The molecule has 0 radical (unpaired) electrons. The average molecular weight is 254 g/mol. The van der Waals surface area contributed by atoms with Crippen LogP contribution in [-0.2, 0) is 9.53 Å². The van der Waals surface area contributed by atoms with Crippen LogP contribution in [0.5, 0.6) is 0 Å². The van der Waals surface area contributed by atoms with Gasteiger partial charge in [-0.1, -0.05) is 42.0 Å². The van der Waals surface area contributed by atoms with Crippen LogP contribution in [0.25, 0.3) is 0 Å². The van der Waals surface area contributed by atoms with Crippen molar-refractivity contribution in [2.45, 2.75) is 31.6 Å². The molecule has 0 amide bonds. The number of ether oxygens (including phenoxy) is 1. The third-order valence-electron chi connectivity index (χ3n) is 4.00. The van der Waals surface area contributed by atoms with E-state index in [0.29, 0.717) is 12.5 Å². The van der Waals surface area contributed by atoms with Crippen molar-refractivity contribution in [1.29, 1.82) is 0 Å². The van der Waals surface area contributed by atoms with Gasteiger partial charge in [-0.3, -0.25) is 0 Å². The van der Waals surface area contributed by atoms with E-state index in [1.807, 2.05) is 6.08 Å². The molecule has 0 spiro atoms. The first-order chi connectivity index (χ1) is 9.33. The summed E-state index contributed by atoms with van der Waals surface area (Å²) in [5.74, 6) is 0.501. The van der Waals surface area contributed by atoms with Gasteiger partial charge in [0.2, 0.25) is 0 Å². The maximum absolute atomic E-state index is 11.4. The van der Waals surface area contributed by atoms with Crippen LogP contribution in [0.1, 0.15) is 37.2 Å². The molecule has 19 heavy (non-hydrogen) atoms. The van der Waals surface area contributed by atoms with Crippen molar-refractivity contribution >= 4 is 5.97 Å². The van der Waals surface area contributed by atoms with E-state index in [2.05, 4.69) is 36.4 Å². The molecule has 3 rings (SSSR count). The zero-order chi connectivity index (χ0) is 13.1. The van der Waals surface area contributed by atoms with Gasteiger partial charge in [0.25, 0.3) is 0 Å². The first-order valence-electron chi connectivity index (χ1n) is 6.92. The first kappa shape index (κ1) is 12.2. The standard InChI is InChI=1S/C17H18O2/c18-17-16(10-11-19-17)12-13-6-8-15(9-7-13)14-4-2-1-3-5-14/h1-6,10,15H,7-9,11-12H2. The summed E-state index contributed by atoms with van der Waals surface area (Å²) >= 11 is 0. The Morgan fingerprint density at radius 2 is 2.00 bits per heavy atom. The van der Waals surface area contributed by atoms with Crippen molar-refractivity contribution < 1.29 is 9.53 Å². The molecule has 1 heterocycles. The molecule has 1 aliphatic heterocycles. The highest BCUT2D eigenvalue weighted by molar-refractivity contribution is 5.90. The lowest BCUT2D eigenvalue weighted by Crippen LogP contribution is -2.06. The van der Waals surface area contributed by atoms with Crippen LogP contribution in [0.3, 0.4) is 0 Å². The minimum absolute atomic E-state index is 0.133. The number of carbonyl (C=O) groups excluding carboxylic acids is 1. The number of benzene rings is 1. The number of hydrogen-bond donors (Lipinski definition) is 0. The van der Waals surface area contributed by atoms with E-state index in [0.717, 1.165) is 24.8 Å². The molecular formula is C17H18O2. The molecular weight excluding hydrogens is 236 g/mol. The fourth-order valence-electron chi connectivity index (χ4n) is 2.86. The van der Waals surface area contributed by atoms with Crippen molar-refractivity contribution in [3.05, 3.63) is 59.2 Å². The van der Waals surface area contributed by atoms with E-state index in [4.69, 9.17) is 4.74 Å². The van der Waals surface area contributed by atoms with Gasteiger partial charge in [0.15, 0.2) is 0 Å². The Hall–Kier alpha value is -1.83. The van der Waals surface area contributed by atoms with Crippen molar-refractivity contribution in [3.8, 4) is 0 Å². The van der Waals surface area contributed by atoms with E-state index in [1.54, 1.807) is 0 Å². The Kier molecular flexibility index (Phi) is 3.49. The lowest BCUT2D eigenvalue weighted by molar-refractivity contribution is -0.136. The Morgan fingerprint density at radius 1 is 1.16 bits per heavy atom. The minimum atomic E-state index is -0.133. The predicted octanol–water partition coefficient (Wildman–Crippen LogP) is 3.75. The number of allylic oxidation sites excluding steroid dienone is 2. The number of carbonyl (C=O) groups is 1. The Labute approximate surface area is 113 Å². The van der Waals surface area contributed by atoms with Gasteiger partial charge < -0.3 is 4.74 Å². The SMILES string of the molecule is O=C1OCC=C1CC1=CCC(c2ccccc2)CC1. The van der Waals surface area contributed by atoms with Crippen LogP contribution in [0.4, 0.5) is 0 Å². The Balaban J connectivity index is 1.63. The maximum atomic E-state index is 11.4. The Bertz CT molecular complexity index is 525. The number of cyclic esters (lactones) is 1. The Morgan fingerprint density at radius 3 is 2.63 bits per heavy atom. The number of esters is 1. The summed E-state index contributed by atoms with van der Waals surface area (Å²) in [6.07, 6.45) is 8.35. The summed E-state index contributed by atoms with van der Waals surface area (Å²) in [5, 5.41) is 0. The van der Waals surface area contributed by atoms with Crippen LogP contribution in [0, 0.1) is 0 Å². The summed E-state index contributed by atoms with van der Waals surface area (Å²) in [6, 6.07) is 10.7. The summed E-state index contributed by atoms with van der Waals surface area (Å²) < 4.78 is 4.94. The molecule has 2 aliphatic rings.